The van der Waals surface area contributed by atoms with Gasteiger partial charge in [0.1, 0.15) is 24.0 Å². The summed E-state index contributed by atoms with van der Waals surface area (Å²) < 4.78 is 9.32. The van der Waals surface area contributed by atoms with Gasteiger partial charge < -0.3 is 14.5 Å². The monoisotopic (exact) mass is 811 g/mol. The Labute approximate surface area is 365 Å². The van der Waals surface area contributed by atoms with Crippen molar-refractivity contribution >= 4 is 44.6 Å². The summed E-state index contributed by atoms with van der Waals surface area (Å²) in [5.41, 5.74) is 13.3. The van der Waals surface area contributed by atoms with E-state index in [1.54, 1.807) is 0 Å². The van der Waals surface area contributed by atoms with E-state index in [9.17, 15) is 0 Å². The van der Waals surface area contributed by atoms with Crippen LogP contribution in [-0.4, -0.2) is 16.2 Å². The fourth-order valence-corrected chi connectivity index (χ4v) is 8.46. The number of fused-ring (bicyclic) bond motifs is 4. The highest BCUT2D eigenvalue weighted by atomic mass is 16.5. The molecule has 8 rings (SSSR count). The van der Waals surface area contributed by atoms with E-state index >= 15 is 0 Å². The number of hydrogen-bond acceptors (Lipinski definition) is 4. The van der Waals surface area contributed by atoms with Gasteiger partial charge in [-0.05, 0) is 128 Å². The number of hydrogen-bond donors (Lipinski definition) is 0. The lowest BCUT2D eigenvalue weighted by atomic mass is 9.86. The van der Waals surface area contributed by atoms with Gasteiger partial charge in [-0.3, -0.25) is 4.57 Å². The van der Waals surface area contributed by atoms with E-state index in [2.05, 4.69) is 227 Å². The van der Waals surface area contributed by atoms with Crippen LogP contribution < -0.4 is 14.5 Å². The Morgan fingerprint density at radius 1 is 0.426 bits per heavy atom. The van der Waals surface area contributed by atoms with Crippen LogP contribution in [0.4, 0.5) is 22.7 Å². The number of rotatable bonds is 5. The fourth-order valence-electron chi connectivity index (χ4n) is 8.46. The maximum Gasteiger partial charge on any atom is 0.137 e. The van der Waals surface area contributed by atoms with Crippen LogP contribution in [-0.2, 0) is 27.1 Å². The average molecular weight is 811 g/mol. The maximum atomic E-state index is 7.01. The van der Waals surface area contributed by atoms with Crippen molar-refractivity contribution in [2.75, 3.05) is 16.5 Å². The van der Waals surface area contributed by atoms with E-state index in [0.29, 0.717) is 6.67 Å². The Kier molecular flexibility index (Phi) is 10.0. The standard InChI is InChI=1S/C56H66N4O/c1-52(2,3)36-17-16-18-41(27-36)58-35-59(48-24-20-38(31-50(48)58)54(7,8)9)42-28-40(56(13,14)15)29-44(33-42)61-43-21-22-45-46-30-37(53(4,5)6)19-23-47(46)60(49(45)34-43)51-32-39(25-26-57-51)55(10,11)12/h16-34H,35H2,1-15H3. The normalized spacial score (nSPS) is 14.0. The van der Waals surface area contributed by atoms with Crippen molar-refractivity contribution in [1.29, 1.82) is 0 Å². The zero-order valence-electron chi connectivity index (χ0n) is 39.4. The lowest BCUT2D eigenvalue weighted by Gasteiger charge is -2.27. The highest BCUT2D eigenvalue weighted by Gasteiger charge is 2.32. The molecule has 0 fully saturated rings. The third kappa shape index (κ3) is 8.16. The van der Waals surface area contributed by atoms with Gasteiger partial charge in [-0.15, -0.1) is 0 Å². The molecule has 3 heterocycles. The van der Waals surface area contributed by atoms with Crippen LogP contribution in [0.25, 0.3) is 27.6 Å². The van der Waals surface area contributed by atoms with Gasteiger partial charge in [-0.1, -0.05) is 128 Å². The highest BCUT2D eigenvalue weighted by Crippen LogP contribution is 2.48. The molecule has 0 bridgehead atoms. The van der Waals surface area contributed by atoms with Crippen LogP contribution >= 0.6 is 0 Å². The van der Waals surface area contributed by atoms with Crippen LogP contribution in [0, 0.1) is 0 Å². The van der Waals surface area contributed by atoms with Crippen LogP contribution in [0.1, 0.15) is 132 Å². The number of aromatic nitrogens is 2. The molecule has 0 atom stereocenters. The summed E-state index contributed by atoms with van der Waals surface area (Å²) in [4.78, 5) is 9.90. The van der Waals surface area contributed by atoms with E-state index in [1.165, 1.54) is 55.7 Å². The van der Waals surface area contributed by atoms with Gasteiger partial charge in [0.25, 0.3) is 0 Å². The molecule has 0 spiro atoms. The predicted molar refractivity (Wildman–Crippen MR) is 261 cm³/mol. The van der Waals surface area contributed by atoms with Crippen LogP contribution in [0.5, 0.6) is 11.5 Å². The second kappa shape index (κ2) is 14.5. The third-order valence-electron chi connectivity index (χ3n) is 12.5. The number of ether oxygens (including phenoxy) is 1. The molecule has 2 aromatic heterocycles. The first-order chi connectivity index (χ1) is 28.4. The van der Waals surface area contributed by atoms with E-state index in [1.807, 2.05) is 6.20 Å². The van der Waals surface area contributed by atoms with Crippen molar-refractivity contribution in [2.45, 2.75) is 131 Å². The molecule has 0 aliphatic carbocycles. The minimum absolute atomic E-state index is 0.0156. The molecule has 0 amide bonds. The Balaban J connectivity index is 1.26. The zero-order valence-corrected chi connectivity index (χ0v) is 39.4. The summed E-state index contributed by atoms with van der Waals surface area (Å²) in [6, 6.07) is 40.7. The number of nitrogens with zero attached hydrogens (tertiary/aromatic N) is 4. The van der Waals surface area contributed by atoms with E-state index in [-0.39, 0.29) is 27.1 Å². The van der Waals surface area contributed by atoms with Gasteiger partial charge in [-0.25, -0.2) is 4.98 Å². The van der Waals surface area contributed by atoms with Gasteiger partial charge in [0.2, 0.25) is 0 Å². The number of benzene rings is 5. The van der Waals surface area contributed by atoms with Gasteiger partial charge in [0.05, 0.1) is 22.4 Å². The van der Waals surface area contributed by atoms with Gasteiger partial charge in [0.15, 0.2) is 0 Å². The Hall–Kier alpha value is -5.55. The first kappa shape index (κ1) is 42.2. The minimum Gasteiger partial charge on any atom is -0.457 e. The van der Waals surface area contributed by atoms with E-state index in [4.69, 9.17) is 9.72 Å². The van der Waals surface area contributed by atoms with Crippen LogP contribution in [0.3, 0.4) is 0 Å². The molecule has 0 saturated heterocycles. The van der Waals surface area contributed by atoms with Crippen molar-refractivity contribution in [3.8, 4) is 17.3 Å². The van der Waals surface area contributed by atoms with Crippen molar-refractivity contribution in [1.82, 2.24) is 9.55 Å². The van der Waals surface area contributed by atoms with Gasteiger partial charge >= 0.3 is 0 Å². The Morgan fingerprint density at radius 2 is 1.02 bits per heavy atom. The average Bonchev–Trinajstić information content (AvgIpc) is 3.71. The second-order valence-corrected chi connectivity index (χ2v) is 22.5. The molecular weight excluding hydrogens is 745 g/mol. The molecule has 1 aliphatic heterocycles. The van der Waals surface area contributed by atoms with Crippen LogP contribution in [0.15, 0.2) is 115 Å². The molecule has 0 unspecified atom stereocenters. The molecule has 1 aliphatic rings. The van der Waals surface area contributed by atoms with Crippen molar-refractivity contribution in [3.05, 3.63) is 143 Å². The molecule has 5 heteroatoms. The first-order valence-electron chi connectivity index (χ1n) is 22.1. The topological polar surface area (TPSA) is 33.5 Å². The Bertz CT molecular complexity index is 2790. The second-order valence-electron chi connectivity index (χ2n) is 22.5. The highest BCUT2D eigenvalue weighted by molar-refractivity contribution is 6.09. The molecule has 0 saturated carbocycles. The SMILES string of the molecule is CC(C)(C)c1cccc(N2CN(c3cc(Oc4ccc5c6cc(C(C)(C)C)ccc6n(-c6cc(C(C)(C)C)ccn6)c5c4)cc(C(C)(C)C)c3)c3ccc(C(C)(C)C)cc32)c1. The maximum absolute atomic E-state index is 7.01. The summed E-state index contributed by atoms with van der Waals surface area (Å²) in [7, 11) is 0. The smallest absolute Gasteiger partial charge is 0.137 e. The summed E-state index contributed by atoms with van der Waals surface area (Å²) in [5, 5.41) is 2.40. The van der Waals surface area contributed by atoms with Crippen molar-refractivity contribution in [2.24, 2.45) is 0 Å². The molecule has 316 valence electrons. The van der Waals surface area contributed by atoms with Crippen LogP contribution in [0.2, 0.25) is 0 Å². The fraction of sp³-hybridized carbons (Fsp3) is 0.375. The molecule has 0 N–H and O–H groups in total. The molecule has 5 aromatic carbocycles. The lowest BCUT2D eigenvalue weighted by Crippen LogP contribution is -2.25. The minimum atomic E-state index is -0.113. The van der Waals surface area contributed by atoms with Gasteiger partial charge in [0, 0.05) is 40.5 Å². The van der Waals surface area contributed by atoms with E-state index in [0.717, 1.165) is 34.0 Å². The number of anilines is 4. The molecule has 0 radical (unpaired) electrons. The summed E-state index contributed by atoms with van der Waals surface area (Å²) in [5.74, 6) is 2.51. The summed E-state index contributed by atoms with van der Waals surface area (Å²) in [6.07, 6.45) is 1.94. The van der Waals surface area contributed by atoms with Gasteiger partial charge in [-0.2, -0.15) is 0 Å². The number of pyridine rings is 1. The Morgan fingerprint density at radius 3 is 1.69 bits per heavy atom. The zero-order chi connectivity index (χ0) is 44.0. The third-order valence-corrected chi connectivity index (χ3v) is 12.5. The molecule has 61 heavy (non-hydrogen) atoms. The molecular formula is C56H66N4O. The molecule has 7 aromatic rings. The van der Waals surface area contributed by atoms with Crippen molar-refractivity contribution in [3.63, 3.8) is 0 Å². The predicted octanol–water partition coefficient (Wildman–Crippen LogP) is 15.7. The van der Waals surface area contributed by atoms with E-state index < -0.39 is 0 Å². The lowest BCUT2D eigenvalue weighted by molar-refractivity contribution is 0.479. The quantitative estimate of drug-likeness (QED) is 0.173. The summed E-state index contributed by atoms with van der Waals surface area (Å²) in [6.45, 7) is 34.9. The van der Waals surface area contributed by atoms with Crippen molar-refractivity contribution < 1.29 is 4.74 Å². The summed E-state index contributed by atoms with van der Waals surface area (Å²) >= 11 is 0. The largest absolute Gasteiger partial charge is 0.457 e. The molecule has 5 nitrogen and oxygen atoms in total. The first-order valence-corrected chi connectivity index (χ1v) is 22.1.